The molecule has 0 heterocycles. The molecule has 0 atom stereocenters. The van der Waals surface area contributed by atoms with E-state index in [4.69, 9.17) is 23.2 Å². The van der Waals surface area contributed by atoms with E-state index >= 15 is 0 Å². The van der Waals surface area contributed by atoms with Gasteiger partial charge in [-0.3, -0.25) is 9.10 Å². The van der Waals surface area contributed by atoms with Gasteiger partial charge in [0.15, 0.2) is 0 Å². The Hall–Kier alpha value is -0.980. The van der Waals surface area contributed by atoms with Gasteiger partial charge in [-0.1, -0.05) is 50.0 Å². The van der Waals surface area contributed by atoms with Crippen molar-refractivity contribution in [3.63, 3.8) is 0 Å². The minimum absolute atomic E-state index is 0.0174. The first kappa shape index (κ1) is 22.1. The molecule has 0 aliphatic carbocycles. The van der Waals surface area contributed by atoms with Crippen LogP contribution < -0.4 is 9.62 Å². The third-order valence-electron chi connectivity index (χ3n) is 3.34. The fraction of sp³-hybridized carbons (Fsp3) is 0.588. The molecule has 5 nitrogen and oxygen atoms in total. The maximum Gasteiger partial charge on any atom is 0.241 e. The number of nitrogens with zero attached hydrogens (tertiary/aromatic N) is 1. The third-order valence-corrected chi connectivity index (χ3v) is 5.27. The first-order valence-corrected chi connectivity index (χ1v) is 10.5. The van der Waals surface area contributed by atoms with Crippen LogP contribution in [0.25, 0.3) is 0 Å². The molecule has 0 aromatic heterocycles. The van der Waals surface area contributed by atoms with Crippen LogP contribution in [0.4, 0.5) is 5.69 Å². The normalized spacial score (nSPS) is 12.8. The Labute approximate surface area is 160 Å². The summed E-state index contributed by atoms with van der Waals surface area (Å²) in [5.41, 5.74) is -0.277. The lowest BCUT2D eigenvalue weighted by Gasteiger charge is -2.34. The standard InChI is InChI=1S/C17H26Cl2N2O3S/c1-16(2,3)11-17(4,5)20-14(22)10-21(25(6,23)24)13-9-7-8-12(18)15(13)19/h7-9H,10-11H2,1-6H3,(H,20,22). The Bertz CT molecular complexity index is 741. The van der Waals surface area contributed by atoms with Gasteiger partial charge in [-0.25, -0.2) is 8.42 Å². The highest BCUT2D eigenvalue weighted by atomic mass is 35.5. The molecule has 25 heavy (non-hydrogen) atoms. The number of rotatable bonds is 6. The van der Waals surface area contributed by atoms with Gasteiger partial charge in [0.25, 0.3) is 0 Å². The number of benzene rings is 1. The van der Waals surface area contributed by atoms with E-state index in [-0.39, 0.29) is 27.7 Å². The molecular weight excluding hydrogens is 383 g/mol. The number of sulfonamides is 1. The van der Waals surface area contributed by atoms with E-state index in [2.05, 4.69) is 26.1 Å². The number of amides is 1. The van der Waals surface area contributed by atoms with Crippen molar-refractivity contribution in [2.24, 2.45) is 5.41 Å². The first-order valence-electron chi connectivity index (χ1n) is 7.85. The lowest BCUT2D eigenvalue weighted by atomic mass is 9.82. The predicted molar refractivity (Wildman–Crippen MR) is 105 cm³/mol. The van der Waals surface area contributed by atoms with Crippen molar-refractivity contribution in [3.8, 4) is 0 Å². The number of halogens is 2. The molecule has 0 unspecified atom stereocenters. The van der Waals surface area contributed by atoms with Crippen LogP contribution in [0.15, 0.2) is 18.2 Å². The Morgan fingerprint density at radius 2 is 1.72 bits per heavy atom. The van der Waals surface area contributed by atoms with Gasteiger partial charge in [-0.2, -0.15) is 0 Å². The van der Waals surface area contributed by atoms with Crippen molar-refractivity contribution in [2.75, 3.05) is 17.1 Å². The quantitative estimate of drug-likeness (QED) is 0.770. The molecule has 1 rings (SSSR count). The van der Waals surface area contributed by atoms with Crippen molar-refractivity contribution in [1.29, 1.82) is 0 Å². The first-order chi connectivity index (χ1) is 11.1. The van der Waals surface area contributed by atoms with Crippen molar-refractivity contribution in [3.05, 3.63) is 28.2 Å². The lowest BCUT2D eigenvalue weighted by molar-refractivity contribution is -0.121. The van der Waals surface area contributed by atoms with Gasteiger partial charge in [0, 0.05) is 5.54 Å². The molecule has 0 spiro atoms. The third kappa shape index (κ3) is 7.04. The second-order valence-electron chi connectivity index (χ2n) is 8.01. The van der Waals surface area contributed by atoms with E-state index in [1.54, 1.807) is 12.1 Å². The number of hydrogen-bond donors (Lipinski definition) is 1. The zero-order valence-electron chi connectivity index (χ0n) is 15.5. The number of carbonyl (C=O) groups is 1. The number of anilines is 1. The molecular formula is C17H26Cl2N2O3S. The molecule has 0 saturated carbocycles. The molecule has 1 aromatic rings. The molecule has 1 amide bonds. The molecule has 0 fully saturated rings. The average molecular weight is 409 g/mol. The monoisotopic (exact) mass is 408 g/mol. The van der Waals surface area contributed by atoms with Crippen molar-refractivity contribution < 1.29 is 13.2 Å². The van der Waals surface area contributed by atoms with Crippen LogP contribution in [-0.2, 0) is 14.8 Å². The molecule has 8 heteroatoms. The Morgan fingerprint density at radius 1 is 1.16 bits per heavy atom. The number of nitrogens with one attached hydrogen (secondary N) is 1. The highest BCUT2D eigenvalue weighted by molar-refractivity contribution is 7.92. The van der Waals surface area contributed by atoms with E-state index < -0.39 is 21.5 Å². The summed E-state index contributed by atoms with van der Waals surface area (Å²) in [4.78, 5) is 12.5. The molecule has 1 aromatic carbocycles. The highest BCUT2D eigenvalue weighted by Gasteiger charge is 2.29. The minimum Gasteiger partial charge on any atom is -0.350 e. The zero-order chi connectivity index (χ0) is 19.6. The maximum absolute atomic E-state index is 12.5. The summed E-state index contributed by atoms with van der Waals surface area (Å²) in [6, 6.07) is 4.66. The van der Waals surface area contributed by atoms with E-state index in [1.165, 1.54) is 6.07 Å². The topological polar surface area (TPSA) is 66.5 Å². The number of hydrogen-bond acceptors (Lipinski definition) is 3. The van der Waals surface area contributed by atoms with Crippen LogP contribution in [0.1, 0.15) is 41.0 Å². The van der Waals surface area contributed by atoms with Gasteiger partial charge in [0.05, 0.1) is 22.0 Å². The molecule has 142 valence electrons. The summed E-state index contributed by atoms with van der Waals surface area (Å²) < 4.78 is 25.3. The fourth-order valence-corrected chi connectivity index (χ4v) is 4.29. The van der Waals surface area contributed by atoms with Gasteiger partial charge >= 0.3 is 0 Å². The summed E-state index contributed by atoms with van der Waals surface area (Å²) >= 11 is 12.1. The summed E-state index contributed by atoms with van der Waals surface area (Å²) in [7, 11) is -3.71. The van der Waals surface area contributed by atoms with E-state index in [0.717, 1.165) is 17.0 Å². The summed E-state index contributed by atoms with van der Waals surface area (Å²) in [6.45, 7) is 9.69. The molecule has 0 aliphatic rings. The van der Waals surface area contributed by atoms with E-state index in [9.17, 15) is 13.2 Å². The van der Waals surface area contributed by atoms with Gasteiger partial charge in [-0.05, 0) is 37.8 Å². The Morgan fingerprint density at radius 3 is 2.20 bits per heavy atom. The second-order valence-corrected chi connectivity index (χ2v) is 10.7. The fourth-order valence-electron chi connectivity index (χ4n) is 2.98. The largest absolute Gasteiger partial charge is 0.350 e. The van der Waals surface area contributed by atoms with Crippen molar-refractivity contribution in [2.45, 2.75) is 46.6 Å². The Balaban J connectivity index is 3.05. The molecule has 0 saturated heterocycles. The molecule has 0 aliphatic heterocycles. The lowest BCUT2D eigenvalue weighted by Crippen LogP contribution is -2.50. The van der Waals surface area contributed by atoms with Crippen LogP contribution in [-0.4, -0.2) is 32.7 Å². The van der Waals surface area contributed by atoms with Crippen molar-refractivity contribution in [1.82, 2.24) is 5.32 Å². The van der Waals surface area contributed by atoms with Gasteiger partial charge in [0.1, 0.15) is 6.54 Å². The predicted octanol–water partition coefficient (Wildman–Crippen LogP) is 4.09. The highest BCUT2D eigenvalue weighted by Crippen LogP contribution is 2.33. The maximum atomic E-state index is 12.5. The van der Waals surface area contributed by atoms with Gasteiger partial charge < -0.3 is 5.32 Å². The second kappa shape index (κ2) is 7.72. The van der Waals surface area contributed by atoms with Gasteiger partial charge in [0.2, 0.25) is 15.9 Å². The zero-order valence-corrected chi connectivity index (χ0v) is 17.8. The minimum atomic E-state index is -3.71. The Kier molecular flexibility index (Phi) is 6.81. The molecule has 0 bridgehead atoms. The van der Waals surface area contributed by atoms with Gasteiger partial charge in [-0.15, -0.1) is 0 Å². The summed E-state index contributed by atoms with van der Waals surface area (Å²) in [5, 5.41) is 3.22. The summed E-state index contributed by atoms with van der Waals surface area (Å²) in [6.07, 6.45) is 1.76. The SMILES string of the molecule is CC(C)(C)CC(C)(C)NC(=O)CN(c1cccc(Cl)c1Cl)S(C)(=O)=O. The van der Waals surface area contributed by atoms with Crippen LogP contribution in [0.5, 0.6) is 0 Å². The summed E-state index contributed by atoms with van der Waals surface area (Å²) in [5.74, 6) is -0.407. The molecule has 0 radical (unpaired) electrons. The van der Waals surface area contributed by atoms with E-state index in [1.807, 2.05) is 13.8 Å². The van der Waals surface area contributed by atoms with Crippen LogP contribution in [0.3, 0.4) is 0 Å². The van der Waals surface area contributed by atoms with E-state index in [0.29, 0.717) is 0 Å². The van der Waals surface area contributed by atoms with Crippen LogP contribution in [0.2, 0.25) is 10.0 Å². The van der Waals surface area contributed by atoms with Crippen LogP contribution >= 0.6 is 23.2 Å². The van der Waals surface area contributed by atoms with Crippen LogP contribution in [0, 0.1) is 5.41 Å². The number of carbonyl (C=O) groups excluding carboxylic acids is 1. The van der Waals surface area contributed by atoms with Crippen molar-refractivity contribution >= 4 is 44.8 Å². The molecule has 1 N–H and O–H groups in total. The average Bonchev–Trinajstić information content (AvgIpc) is 2.34. The smallest absolute Gasteiger partial charge is 0.241 e.